The van der Waals surface area contributed by atoms with E-state index >= 15 is 0 Å². The van der Waals surface area contributed by atoms with Gasteiger partial charge in [0.15, 0.2) is 0 Å². The van der Waals surface area contributed by atoms with Crippen LogP contribution in [0.5, 0.6) is 5.75 Å². The molecule has 0 radical (unpaired) electrons. The molecule has 4 rings (SSSR count). The topological polar surface area (TPSA) is 94.5 Å². The molecule has 4 aromatic rings. The number of fused-ring (bicyclic) bond motifs is 1. The van der Waals surface area contributed by atoms with Crippen LogP contribution in [0.3, 0.4) is 0 Å². The van der Waals surface area contributed by atoms with Crippen LogP contribution >= 0.6 is 11.6 Å². The monoisotopic (exact) mass is 532 g/mol. The average molecular weight is 533 g/mol. The van der Waals surface area contributed by atoms with Crippen LogP contribution in [0.1, 0.15) is 15.9 Å². The molecule has 12 heteroatoms. The van der Waals surface area contributed by atoms with Crippen LogP contribution < -0.4 is 15.4 Å². The van der Waals surface area contributed by atoms with E-state index in [0.717, 1.165) is 0 Å². The molecule has 0 fully saturated rings. The number of aromatic nitrogens is 2. The van der Waals surface area contributed by atoms with Crippen LogP contribution in [0.4, 0.5) is 18.9 Å². The van der Waals surface area contributed by atoms with Gasteiger partial charge in [-0.25, -0.2) is 4.68 Å². The van der Waals surface area contributed by atoms with E-state index in [-0.39, 0.29) is 35.4 Å². The highest BCUT2D eigenvalue weighted by Crippen LogP contribution is 2.29. The van der Waals surface area contributed by atoms with E-state index in [4.69, 9.17) is 16.3 Å². The lowest BCUT2D eigenvalue weighted by Crippen LogP contribution is -2.26. The van der Waals surface area contributed by atoms with Gasteiger partial charge in [-0.2, -0.15) is 5.10 Å². The summed E-state index contributed by atoms with van der Waals surface area (Å²) < 4.78 is 47.5. The zero-order valence-electron chi connectivity index (χ0n) is 19.3. The lowest BCUT2D eigenvalue weighted by atomic mass is 10.1. The molecule has 1 heterocycles. The molecular weight excluding hydrogens is 513 g/mol. The van der Waals surface area contributed by atoms with Gasteiger partial charge < -0.3 is 20.1 Å². The number of nitrogens with one attached hydrogen (secondary N) is 2. The number of halogens is 4. The number of benzene rings is 3. The number of anilines is 1. The standard InChI is InChI=1S/C25H20ClF3N4O4/c1-36-14-23(34)30-12-15-5-10-20(26)18(11-15)24(35)32-21-3-2-4-22-19(21)13-31-33(22)16-6-8-17(9-7-16)37-25(27,28)29/h2-11,13H,12,14H2,1H3,(H,30,34)(H,32,35). The van der Waals surface area contributed by atoms with Gasteiger partial charge in [-0.05, 0) is 54.1 Å². The minimum absolute atomic E-state index is 0.0793. The number of nitrogens with zero attached hydrogens (tertiary/aromatic N) is 2. The molecule has 1 aromatic heterocycles. The first-order valence-corrected chi connectivity index (χ1v) is 11.2. The van der Waals surface area contributed by atoms with Crippen LogP contribution in [0.15, 0.2) is 66.9 Å². The number of amides is 2. The van der Waals surface area contributed by atoms with Crippen molar-refractivity contribution < 1.29 is 32.2 Å². The molecule has 0 spiro atoms. The molecule has 0 saturated carbocycles. The van der Waals surface area contributed by atoms with Gasteiger partial charge in [0.25, 0.3) is 5.91 Å². The van der Waals surface area contributed by atoms with Crippen molar-refractivity contribution in [1.29, 1.82) is 0 Å². The summed E-state index contributed by atoms with van der Waals surface area (Å²) in [6.45, 7) is 0.110. The second-order valence-electron chi connectivity index (χ2n) is 7.81. The van der Waals surface area contributed by atoms with Gasteiger partial charge >= 0.3 is 6.36 Å². The van der Waals surface area contributed by atoms with Crippen LogP contribution in [0.25, 0.3) is 16.6 Å². The Morgan fingerprint density at radius 3 is 2.54 bits per heavy atom. The number of alkyl halides is 3. The Hall–Kier alpha value is -4.09. The first-order valence-electron chi connectivity index (χ1n) is 10.8. The van der Waals surface area contributed by atoms with Gasteiger partial charge in [0.2, 0.25) is 5.91 Å². The zero-order valence-corrected chi connectivity index (χ0v) is 20.1. The molecule has 192 valence electrons. The van der Waals surface area contributed by atoms with Gasteiger partial charge in [0.05, 0.1) is 33.7 Å². The lowest BCUT2D eigenvalue weighted by molar-refractivity contribution is -0.274. The second-order valence-corrected chi connectivity index (χ2v) is 8.22. The number of rotatable bonds is 8. The largest absolute Gasteiger partial charge is 0.573 e. The average Bonchev–Trinajstić information content (AvgIpc) is 3.28. The number of methoxy groups -OCH3 is 1. The van der Waals surface area contributed by atoms with Crippen molar-refractivity contribution in [1.82, 2.24) is 15.1 Å². The van der Waals surface area contributed by atoms with Gasteiger partial charge in [-0.3, -0.25) is 9.59 Å². The molecule has 0 unspecified atom stereocenters. The first kappa shape index (κ1) is 26.0. The summed E-state index contributed by atoms with van der Waals surface area (Å²) in [6.07, 6.45) is -3.25. The molecule has 2 amide bonds. The maximum absolute atomic E-state index is 13.1. The Kier molecular flexibility index (Phi) is 7.65. The van der Waals surface area contributed by atoms with E-state index in [0.29, 0.717) is 27.8 Å². The fourth-order valence-corrected chi connectivity index (χ4v) is 3.79. The predicted molar refractivity (Wildman–Crippen MR) is 131 cm³/mol. The van der Waals surface area contributed by atoms with Crippen molar-refractivity contribution in [3.8, 4) is 11.4 Å². The Morgan fingerprint density at radius 1 is 1.08 bits per heavy atom. The molecule has 0 aliphatic rings. The summed E-state index contributed by atoms with van der Waals surface area (Å²) in [5, 5.41) is 10.7. The Morgan fingerprint density at radius 2 is 1.84 bits per heavy atom. The van der Waals surface area contributed by atoms with Gasteiger partial charge in [-0.1, -0.05) is 23.7 Å². The van der Waals surface area contributed by atoms with Gasteiger partial charge in [0.1, 0.15) is 12.4 Å². The summed E-state index contributed by atoms with van der Waals surface area (Å²) in [6, 6.07) is 15.3. The summed E-state index contributed by atoms with van der Waals surface area (Å²) in [5.41, 5.74) is 2.45. The molecule has 0 atom stereocenters. The quantitative estimate of drug-likeness (QED) is 0.329. The summed E-state index contributed by atoms with van der Waals surface area (Å²) >= 11 is 6.26. The minimum Gasteiger partial charge on any atom is -0.406 e. The lowest BCUT2D eigenvalue weighted by Gasteiger charge is -2.11. The number of carbonyl (C=O) groups is 2. The van der Waals surface area contributed by atoms with E-state index < -0.39 is 12.3 Å². The van der Waals surface area contributed by atoms with Crippen molar-refractivity contribution in [3.63, 3.8) is 0 Å². The van der Waals surface area contributed by atoms with Crippen LogP contribution in [-0.4, -0.2) is 41.7 Å². The molecule has 0 aliphatic carbocycles. The first-order chi connectivity index (χ1) is 17.6. The van der Waals surface area contributed by atoms with Gasteiger partial charge in [-0.15, -0.1) is 13.2 Å². The van der Waals surface area contributed by atoms with Crippen molar-refractivity contribution in [2.45, 2.75) is 12.9 Å². The fourth-order valence-electron chi connectivity index (χ4n) is 3.58. The third-order valence-corrected chi connectivity index (χ3v) is 5.55. The molecule has 0 aliphatic heterocycles. The third kappa shape index (κ3) is 6.38. The Labute approximate surface area is 213 Å². The Balaban J connectivity index is 1.55. The van der Waals surface area contributed by atoms with Crippen LogP contribution in [-0.2, 0) is 16.1 Å². The summed E-state index contributed by atoms with van der Waals surface area (Å²) in [7, 11) is 1.41. The molecular formula is C25H20ClF3N4O4. The van der Waals surface area contributed by atoms with E-state index in [1.54, 1.807) is 36.4 Å². The van der Waals surface area contributed by atoms with Crippen LogP contribution in [0.2, 0.25) is 5.02 Å². The van der Waals surface area contributed by atoms with Gasteiger partial charge in [0, 0.05) is 19.0 Å². The normalized spacial score (nSPS) is 11.4. The minimum atomic E-state index is -4.78. The maximum Gasteiger partial charge on any atom is 0.573 e. The zero-order chi connectivity index (χ0) is 26.6. The summed E-state index contributed by atoms with van der Waals surface area (Å²) in [5.74, 6) is -1.11. The number of carbonyl (C=O) groups excluding carboxylic acids is 2. The van der Waals surface area contributed by atoms with Crippen molar-refractivity contribution in [2.24, 2.45) is 0 Å². The molecule has 0 bridgehead atoms. The predicted octanol–water partition coefficient (Wildman–Crippen LogP) is 5.09. The van der Waals surface area contributed by atoms with Crippen molar-refractivity contribution >= 4 is 40.0 Å². The number of hydrogen-bond donors (Lipinski definition) is 2. The highest BCUT2D eigenvalue weighted by molar-refractivity contribution is 6.34. The van der Waals surface area contributed by atoms with E-state index in [9.17, 15) is 22.8 Å². The molecule has 3 aromatic carbocycles. The molecule has 2 N–H and O–H groups in total. The maximum atomic E-state index is 13.1. The van der Waals surface area contributed by atoms with Crippen LogP contribution in [0, 0.1) is 0 Å². The van der Waals surface area contributed by atoms with E-state index in [1.165, 1.54) is 42.3 Å². The highest BCUT2D eigenvalue weighted by Gasteiger charge is 2.31. The van der Waals surface area contributed by atoms with Crippen molar-refractivity contribution in [2.75, 3.05) is 19.0 Å². The Bertz CT molecular complexity index is 1440. The second kappa shape index (κ2) is 10.9. The number of hydrogen-bond acceptors (Lipinski definition) is 5. The SMILES string of the molecule is COCC(=O)NCc1ccc(Cl)c(C(=O)Nc2cccc3c2cnn3-c2ccc(OC(F)(F)F)cc2)c1. The summed E-state index contributed by atoms with van der Waals surface area (Å²) in [4.78, 5) is 24.7. The highest BCUT2D eigenvalue weighted by atomic mass is 35.5. The smallest absolute Gasteiger partial charge is 0.406 e. The number of ether oxygens (including phenoxy) is 2. The van der Waals surface area contributed by atoms with E-state index in [1.807, 2.05) is 0 Å². The fraction of sp³-hybridized carbons (Fsp3) is 0.160. The van der Waals surface area contributed by atoms with Crippen molar-refractivity contribution in [3.05, 3.63) is 83.0 Å². The molecule has 8 nitrogen and oxygen atoms in total. The molecule has 37 heavy (non-hydrogen) atoms. The third-order valence-electron chi connectivity index (χ3n) is 5.22. The molecule has 0 saturated heterocycles. The van der Waals surface area contributed by atoms with E-state index in [2.05, 4.69) is 20.5 Å².